The first-order valence-electron chi connectivity index (χ1n) is 6.31. The number of esters is 1. The second kappa shape index (κ2) is 6.83. The highest BCUT2D eigenvalue weighted by molar-refractivity contribution is 5.69. The number of carbonyl (C=O) groups excluding carboxylic acids is 1. The van der Waals surface area contributed by atoms with Crippen LogP contribution in [0.5, 0.6) is 0 Å². The molecule has 0 saturated heterocycles. The van der Waals surface area contributed by atoms with Gasteiger partial charge in [0.05, 0.1) is 6.61 Å². The summed E-state index contributed by atoms with van der Waals surface area (Å²) in [6, 6.07) is 0. The summed E-state index contributed by atoms with van der Waals surface area (Å²) in [4.78, 5) is 37.8. The molecule has 0 radical (unpaired) electrons. The highest BCUT2D eigenvalue weighted by Crippen LogP contribution is 2.12. The third-order valence-corrected chi connectivity index (χ3v) is 2.95. The maximum absolute atomic E-state index is 11.8. The summed E-state index contributed by atoms with van der Waals surface area (Å²) in [6.45, 7) is 5.02. The monoisotopic (exact) mass is 282 g/mol. The van der Waals surface area contributed by atoms with Gasteiger partial charge < -0.3 is 9.84 Å². The normalized spacial score (nSPS) is 10.3. The van der Waals surface area contributed by atoms with Crippen LogP contribution < -0.4 is 5.69 Å². The van der Waals surface area contributed by atoms with Gasteiger partial charge in [-0.3, -0.25) is 14.2 Å². The van der Waals surface area contributed by atoms with Gasteiger partial charge in [0.2, 0.25) is 0 Å². The Hall–Kier alpha value is -2.18. The molecule has 0 atom stereocenters. The predicted molar refractivity (Wildman–Crippen MR) is 70.6 cm³/mol. The Labute approximate surface area is 116 Å². The van der Waals surface area contributed by atoms with Gasteiger partial charge in [0.25, 0.3) is 0 Å². The first kappa shape index (κ1) is 15.9. The van der Waals surface area contributed by atoms with Crippen molar-refractivity contribution in [3.63, 3.8) is 0 Å². The molecule has 1 heterocycles. The summed E-state index contributed by atoms with van der Waals surface area (Å²) < 4.78 is 6.01. The van der Waals surface area contributed by atoms with Crippen LogP contribution in [0.25, 0.3) is 0 Å². The van der Waals surface area contributed by atoms with Crippen LogP contribution in [0.2, 0.25) is 0 Å². The van der Waals surface area contributed by atoms with Gasteiger partial charge in [-0.05, 0) is 32.8 Å². The molecule has 0 unspecified atom stereocenters. The summed E-state index contributed by atoms with van der Waals surface area (Å²) >= 11 is 0. The fourth-order valence-electron chi connectivity index (χ4n) is 1.96. The Kier molecular flexibility index (Phi) is 5.42. The van der Waals surface area contributed by atoms with E-state index in [1.807, 2.05) is 0 Å². The Morgan fingerprint density at radius 1 is 1.35 bits per heavy atom. The Balaban J connectivity index is 3.11. The molecule has 110 valence electrons. The topological polar surface area (TPSA) is 98.5 Å². The maximum Gasteiger partial charge on any atom is 0.348 e. The number of nitrogens with zero attached hydrogens (tertiary/aromatic N) is 2. The van der Waals surface area contributed by atoms with E-state index in [1.165, 1.54) is 4.57 Å². The molecule has 7 nitrogen and oxygen atoms in total. The van der Waals surface area contributed by atoms with E-state index in [4.69, 9.17) is 9.84 Å². The van der Waals surface area contributed by atoms with Crippen LogP contribution in [-0.4, -0.2) is 33.2 Å². The SMILES string of the molecule is CCOC(=O)Cn1c(C)c(CCC(=O)O)c(C)nc1=O. The molecular formula is C13H18N2O5. The van der Waals surface area contributed by atoms with Crippen molar-refractivity contribution in [2.45, 2.75) is 40.2 Å². The van der Waals surface area contributed by atoms with E-state index >= 15 is 0 Å². The lowest BCUT2D eigenvalue weighted by molar-refractivity contribution is -0.144. The zero-order chi connectivity index (χ0) is 15.3. The number of carboxylic acids is 1. The molecule has 0 aliphatic heterocycles. The molecule has 0 fully saturated rings. The largest absolute Gasteiger partial charge is 0.481 e. The van der Waals surface area contributed by atoms with Gasteiger partial charge in [0.1, 0.15) is 6.54 Å². The lowest BCUT2D eigenvalue weighted by atomic mass is 10.1. The van der Waals surface area contributed by atoms with Crippen molar-refractivity contribution in [3.05, 3.63) is 27.4 Å². The minimum Gasteiger partial charge on any atom is -0.481 e. The number of carbonyl (C=O) groups is 2. The predicted octanol–water partition coefficient (Wildman–Crippen LogP) is 0.440. The molecule has 0 aliphatic rings. The number of hydrogen-bond acceptors (Lipinski definition) is 5. The highest BCUT2D eigenvalue weighted by atomic mass is 16.5. The number of aryl methyl sites for hydroxylation is 1. The van der Waals surface area contributed by atoms with Gasteiger partial charge in [0.15, 0.2) is 0 Å². The summed E-state index contributed by atoms with van der Waals surface area (Å²) in [6.07, 6.45) is 0.212. The summed E-state index contributed by atoms with van der Waals surface area (Å²) in [5, 5.41) is 8.73. The van der Waals surface area contributed by atoms with Gasteiger partial charge in [-0.2, -0.15) is 4.98 Å². The van der Waals surface area contributed by atoms with E-state index in [-0.39, 0.29) is 26.0 Å². The van der Waals surface area contributed by atoms with E-state index < -0.39 is 17.6 Å². The van der Waals surface area contributed by atoms with Crippen molar-refractivity contribution in [1.29, 1.82) is 0 Å². The van der Waals surface area contributed by atoms with Crippen LogP contribution in [0.3, 0.4) is 0 Å². The summed E-state index contributed by atoms with van der Waals surface area (Å²) in [7, 11) is 0. The number of ether oxygens (including phenoxy) is 1. The van der Waals surface area contributed by atoms with Crippen LogP contribution in [0.1, 0.15) is 30.3 Å². The minimum absolute atomic E-state index is 0.0546. The fourth-order valence-corrected chi connectivity index (χ4v) is 1.96. The molecule has 0 spiro atoms. The molecule has 1 rings (SSSR count). The molecule has 0 amide bonds. The van der Waals surface area contributed by atoms with Gasteiger partial charge in [0, 0.05) is 17.8 Å². The number of rotatable bonds is 6. The molecule has 0 bridgehead atoms. The lowest BCUT2D eigenvalue weighted by Gasteiger charge is -2.14. The van der Waals surface area contributed by atoms with Crippen LogP contribution in [0.4, 0.5) is 0 Å². The van der Waals surface area contributed by atoms with E-state index in [9.17, 15) is 14.4 Å². The van der Waals surface area contributed by atoms with Crippen molar-refractivity contribution in [3.8, 4) is 0 Å². The second-order valence-electron chi connectivity index (χ2n) is 4.33. The van der Waals surface area contributed by atoms with Gasteiger partial charge in [-0.25, -0.2) is 4.79 Å². The Morgan fingerprint density at radius 2 is 2.00 bits per heavy atom. The van der Waals surface area contributed by atoms with E-state index in [0.717, 1.165) is 0 Å². The molecule has 0 saturated carbocycles. The molecule has 7 heteroatoms. The highest BCUT2D eigenvalue weighted by Gasteiger charge is 2.15. The van der Waals surface area contributed by atoms with Crippen molar-refractivity contribution < 1.29 is 19.4 Å². The Bertz CT molecular complexity index is 577. The maximum atomic E-state index is 11.8. The van der Waals surface area contributed by atoms with Crippen LogP contribution in [-0.2, 0) is 27.3 Å². The van der Waals surface area contributed by atoms with E-state index in [2.05, 4.69) is 4.98 Å². The van der Waals surface area contributed by atoms with Crippen molar-refractivity contribution in [1.82, 2.24) is 9.55 Å². The first-order chi connectivity index (χ1) is 9.36. The zero-order valence-corrected chi connectivity index (χ0v) is 11.8. The van der Waals surface area contributed by atoms with Gasteiger partial charge >= 0.3 is 17.6 Å². The second-order valence-corrected chi connectivity index (χ2v) is 4.33. The fraction of sp³-hybridized carbons (Fsp3) is 0.538. The third-order valence-electron chi connectivity index (χ3n) is 2.95. The van der Waals surface area contributed by atoms with Crippen molar-refractivity contribution in [2.75, 3.05) is 6.61 Å². The quantitative estimate of drug-likeness (QED) is 0.760. The average molecular weight is 282 g/mol. The first-order valence-corrected chi connectivity index (χ1v) is 6.31. The average Bonchev–Trinajstić information content (AvgIpc) is 2.34. The molecule has 1 aromatic rings. The zero-order valence-electron chi connectivity index (χ0n) is 11.8. The number of hydrogen-bond donors (Lipinski definition) is 1. The van der Waals surface area contributed by atoms with Crippen LogP contribution in [0, 0.1) is 13.8 Å². The number of carboxylic acid groups (broad SMARTS) is 1. The molecule has 20 heavy (non-hydrogen) atoms. The third kappa shape index (κ3) is 3.91. The number of aliphatic carboxylic acids is 1. The standard InChI is InChI=1S/C13H18N2O5/c1-4-20-12(18)7-15-9(3)10(5-6-11(16)17)8(2)14-13(15)19/h4-7H2,1-3H3,(H,16,17). The van der Waals surface area contributed by atoms with E-state index in [0.29, 0.717) is 17.0 Å². The lowest BCUT2D eigenvalue weighted by Crippen LogP contribution is -2.31. The van der Waals surface area contributed by atoms with E-state index in [1.54, 1.807) is 20.8 Å². The molecule has 0 aliphatic carbocycles. The van der Waals surface area contributed by atoms with Crippen molar-refractivity contribution in [2.24, 2.45) is 0 Å². The Morgan fingerprint density at radius 3 is 2.55 bits per heavy atom. The molecule has 1 N–H and O–H groups in total. The molecule has 1 aromatic heterocycles. The van der Waals surface area contributed by atoms with Gasteiger partial charge in [-0.1, -0.05) is 0 Å². The minimum atomic E-state index is -0.924. The summed E-state index contributed by atoms with van der Waals surface area (Å²) in [5.74, 6) is -1.44. The van der Waals surface area contributed by atoms with Crippen molar-refractivity contribution >= 4 is 11.9 Å². The molecule has 0 aromatic carbocycles. The van der Waals surface area contributed by atoms with Gasteiger partial charge in [-0.15, -0.1) is 0 Å². The number of aromatic nitrogens is 2. The summed E-state index contributed by atoms with van der Waals surface area (Å²) in [5.41, 5.74) is 1.19. The van der Waals surface area contributed by atoms with Crippen LogP contribution in [0.15, 0.2) is 4.79 Å². The van der Waals surface area contributed by atoms with Crippen LogP contribution >= 0.6 is 0 Å². The molecular weight excluding hydrogens is 264 g/mol. The smallest absolute Gasteiger partial charge is 0.348 e.